The van der Waals surface area contributed by atoms with Crippen molar-refractivity contribution < 1.29 is 19.4 Å². The molecule has 1 aliphatic heterocycles. The maximum absolute atomic E-state index is 13.5. The van der Waals surface area contributed by atoms with Crippen LogP contribution >= 0.6 is 11.3 Å². The summed E-state index contributed by atoms with van der Waals surface area (Å²) in [5, 5.41) is 10.5. The molecule has 37 heavy (non-hydrogen) atoms. The topological polar surface area (TPSA) is 59.0 Å². The first-order valence-electron chi connectivity index (χ1n) is 12.2. The van der Waals surface area contributed by atoms with Crippen molar-refractivity contribution in [2.75, 3.05) is 18.0 Å². The molecule has 1 aromatic heterocycles. The van der Waals surface area contributed by atoms with Gasteiger partial charge >= 0.3 is 0 Å². The molecule has 0 unspecified atom stereocenters. The second kappa shape index (κ2) is 10.1. The summed E-state index contributed by atoms with van der Waals surface area (Å²) in [6.07, 6.45) is -0.263. The number of fused-ring (bicyclic) bond motifs is 1. The molecule has 1 N–H and O–H groups in total. The zero-order valence-corrected chi connectivity index (χ0v) is 20.9. The largest absolute Gasteiger partial charge is 0.489 e. The van der Waals surface area contributed by atoms with E-state index >= 15 is 0 Å². The molecule has 0 radical (unpaired) electrons. The molecule has 0 saturated carbocycles. The third kappa shape index (κ3) is 4.94. The van der Waals surface area contributed by atoms with Gasteiger partial charge in [0.15, 0.2) is 5.75 Å². The van der Waals surface area contributed by atoms with E-state index in [9.17, 15) is 9.90 Å². The van der Waals surface area contributed by atoms with E-state index in [-0.39, 0.29) is 11.9 Å². The van der Waals surface area contributed by atoms with Crippen LogP contribution in [-0.2, 0) is 6.61 Å². The van der Waals surface area contributed by atoms with Crippen LogP contribution in [0.4, 0.5) is 5.69 Å². The van der Waals surface area contributed by atoms with Crippen molar-refractivity contribution in [3.8, 4) is 17.2 Å². The van der Waals surface area contributed by atoms with Crippen LogP contribution in [-0.4, -0.2) is 30.1 Å². The highest BCUT2D eigenvalue weighted by Crippen LogP contribution is 2.43. The molecule has 6 heteroatoms. The summed E-state index contributed by atoms with van der Waals surface area (Å²) in [6, 6.07) is 32.9. The number of ketones is 1. The van der Waals surface area contributed by atoms with Crippen molar-refractivity contribution in [3.63, 3.8) is 0 Å². The summed E-state index contributed by atoms with van der Waals surface area (Å²) >= 11 is 1.41. The Labute approximate surface area is 219 Å². The predicted molar refractivity (Wildman–Crippen MR) is 147 cm³/mol. The molecule has 6 rings (SSSR count). The average molecular weight is 508 g/mol. The Balaban J connectivity index is 1.32. The van der Waals surface area contributed by atoms with Crippen LogP contribution in [0, 0.1) is 0 Å². The van der Waals surface area contributed by atoms with Gasteiger partial charge in [0.2, 0.25) is 5.78 Å². The number of carbonyl (C=O) groups is 1. The summed E-state index contributed by atoms with van der Waals surface area (Å²) in [4.78, 5) is 16.2. The second-order valence-electron chi connectivity index (χ2n) is 9.04. The molecule has 0 bridgehead atoms. The summed E-state index contributed by atoms with van der Waals surface area (Å²) in [5.41, 5.74) is 2.74. The van der Waals surface area contributed by atoms with Gasteiger partial charge in [0.25, 0.3) is 0 Å². The number of hydrogen-bond acceptors (Lipinski definition) is 6. The van der Waals surface area contributed by atoms with E-state index in [4.69, 9.17) is 9.47 Å². The van der Waals surface area contributed by atoms with Crippen LogP contribution in [0.3, 0.4) is 0 Å². The Hall–Kier alpha value is -4.13. The van der Waals surface area contributed by atoms with Crippen LogP contribution in [0.1, 0.15) is 20.8 Å². The number of anilines is 1. The van der Waals surface area contributed by atoms with Gasteiger partial charge in [-0.3, -0.25) is 4.79 Å². The number of hydrogen-bond donors (Lipinski definition) is 1. The minimum Gasteiger partial charge on any atom is -0.489 e. The van der Waals surface area contributed by atoms with E-state index in [2.05, 4.69) is 4.90 Å². The van der Waals surface area contributed by atoms with Crippen LogP contribution in [0.25, 0.3) is 10.1 Å². The first kappa shape index (κ1) is 23.3. The molecular formula is C31H25NO4S. The molecule has 1 saturated heterocycles. The molecule has 5 aromatic rings. The molecule has 0 atom stereocenters. The highest BCUT2D eigenvalue weighted by atomic mass is 32.1. The maximum atomic E-state index is 13.5. The van der Waals surface area contributed by atoms with Crippen LogP contribution in [0.15, 0.2) is 103 Å². The fraction of sp³-hybridized carbons (Fsp3) is 0.129. The summed E-state index contributed by atoms with van der Waals surface area (Å²) in [6.45, 7) is 1.75. The van der Waals surface area contributed by atoms with Crippen molar-refractivity contribution in [1.29, 1.82) is 0 Å². The fourth-order valence-corrected chi connectivity index (χ4v) is 5.48. The van der Waals surface area contributed by atoms with E-state index in [1.54, 1.807) is 0 Å². The Morgan fingerprint density at radius 1 is 0.865 bits per heavy atom. The van der Waals surface area contributed by atoms with Crippen LogP contribution in [0.5, 0.6) is 17.2 Å². The van der Waals surface area contributed by atoms with Gasteiger partial charge in [-0.25, -0.2) is 0 Å². The number of ether oxygens (including phenoxy) is 2. The van der Waals surface area contributed by atoms with E-state index < -0.39 is 0 Å². The smallest absolute Gasteiger partial charge is 0.206 e. The Morgan fingerprint density at radius 3 is 2.24 bits per heavy atom. The Bertz CT molecular complexity index is 1520. The minimum atomic E-state index is -0.263. The van der Waals surface area contributed by atoms with Gasteiger partial charge in [-0.1, -0.05) is 60.7 Å². The lowest BCUT2D eigenvalue weighted by atomic mass is 10.1. The van der Waals surface area contributed by atoms with Crippen LogP contribution < -0.4 is 14.4 Å². The number of rotatable bonds is 8. The zero-order chi connectivity index (χ0) is 25.2. The predicted octanol–water partition coefficient (Wildman–Crippen LogP) is 6.68. The highest BCUT2D eigenvalue weighted by molar-refractivity contribution is 7.21. The van der Waals surface area contributed by atoms with Gasteiger partial charge in [0, 0.05) is 34.4 Å². The molecule has 0 amide bonds. The Morgan fingerprint density at radius 2 is 1.54 bits per heavy atom. The van der Waals surface area contributed by atoms with Gasteiger partial charge in [0.05, 0.1) is 6.10 Å². The van der Waals surface area contributed by atoms with Crippen molar-refractivity contribution in [3.05, 3.63) is 119 Å². The first-order chi connectivity index (χ1) is 18.1. The lowest BCUT2D eigenvalue weighted by Crippen LogP contribution is -2.50. The second-order valence-corrected chi connectivity index (χ2v) is 10.1. The average Bonchev–Trinajstić information content (AvgIpc) is 3.28. The number of β-amino-alcohol motifs (C(OH)–C–C–N with tert-alkyl or cyclic N) is 1. The van der Waals surface area contributed by atoms with E-state index in [1.165, 1.54) is 11.3 Å². The van der Waals surface area contributed by atoms with Crippen LogP contribution in [0.2, 0.25) is 0 Å². The van der Waals surface area contributed by atoms with Crippen molar-refractivity contribution in [1.82, 2.24) is 0 Å². The monoisotopic (exact) mass is 507 g/mol. The van der Waals surface area contributed by atoms with Gasteiger partial charge in [-0.2, -0.15) is 0 Å². The fourth-order valence-electron chi connectivity index (χ4n) is 4.36. The quantitative estimate of drug-likeness (QED) is 0.237. The molecule has 1 aliphatic rings. The number of aliphatic hydroxyl groups excluding tert-OH is 1. The van der Waals surface area contributed by atoms with Gasteiger partial charge in [-0.05, 0) is 48.0 Å². The van der Waals surface area contributed by atoms with Gasteiger partial charge in [-0.15, -0.1) is 11.3 Å². The molecule has 5 nitrogen and oxygen atoms in total. The van der Waals surface area contributed by atoms with E-state index in [0.29, 0.717) is 41.6 Å². The summed E-state index contributed by atoms with van der Waals surface area (Å²) in [7, 11) is 0. The molecular weight excluding hydrogens is 482 g/mol. The zero-order valence-electron chi connectivity index (χ0n) is 20.0. The minimum absolute atomic E-state index is 0.0743. The normalized spacial score (nSPS) is 13.4. The summed E-state index contributed by atoms with van der Waals surface area (Å²) < 4.78 is 13.3. The number of aliphatic hydroxyl groups is 1. The molecule has 2 heterocycles. The summed E-state index contributed by atoms with van der Waals surface area (Å²) in [5.74, 6) is 1.87. The molecule has 184 valence electrons. The van der Waals surface area contributed by atoms with Gasteiger partial charge < -0.3 is 19.5 Å². The van der Waals surface area contributed by atoms with E-state index in [0.717, 1.165) is 27.1 Å². The number of benzene rings is 4. The van der Waals surface area contributed by atoms with E-state index in [1.807, 2.05) is 103 Å². The maximum Gasteiger partial charge on any atom is 0.206 e. The highest BCUT2D eigenvalue weighted by Gasteiger charge is 2.25. The molecule has 0 spiro atoms. The first-order valence-corrected chi connectivity index (χ1v) is 13.0. The number of carbonyl (C=O) groups excluding carboxylic acids is 1. The molecule has 0 aliphatic carbocycles. The standard InChI is InChI=1S/C31H25NO4S/c33-24-18-32(19-24)23-11-13-25(14-12-23)36-30-27-16-15-26(35-20-21-7-3-1-4-8-21)17-28(27)37-31(30)29(34)22-9-5-2-6-10-22/h1-17,24,33H,18-20H2. The third-order valence-corrected chi connectivity index (χ3v) is 7.52. The lowest BCUT2D eigenvalue weighted by molar-refractivity contribution is 0.104. The van der Waals surface area contributed by atoms with Crippen molar-refractivity contribution >= 4 is 32.9 Å². The van der Waals surface area contributed by atoms with Gasteiger partial charge in [0.1, 0.15) is 23.0 Å². The SMILES string of the molecule is O=C(c1ccccc1)c1sc2cc(OCc3ccccc3)ccc2c1Oc1ccc(N2CC(O)C2)cc1. The third-order valence-electron chi connectivity index (χ3n) is 6.39. The number of nitrogens with zero attached hydrogens (tertiary/aromatic N) is 1. The van der Waals surface area contributed by atoms with Crippen molar-refractivity contribution in [2.24, 2.45) is 0 Å². The van der Waals surface area contributed by atoms with Crippen molar-refractivity contribution in [2.45, 2.75) is 12.7 Å². The Kier molecular flexibility index (Phi) is 6.35. The molecule has 1 fully saturated rings. The lowest BCUT2D eigenvalue weighted by Gasteiger charge is -2.37. The molecule has 4 aromatic carbocycles. The number of thiophene rings is 1.